The minimum Gasteiger partial charge on any atom is -0.365 e. The van der Waals surface area contributed by atoms with Crippen molar-refractivity contribution in [2.45, 2.75) is 50.9 Å². The highest BCUT2D eigenvalue weighted by Gasteiger charge is 2.47. The molecular weight excluding hydrogens is 200 g/mol. The molecule has 1 aliphatic heterocycles. The van der Waals surface area contributed by atoms with Gasteiger partial charge < -0.3 is 9.84 Å². The van der Waals surface area contributed by atoms with Gasteiger partial charge in [-0.1, -0.05) is 23.8 Å². The van der Waals surface area contributed by atoms with Crippen LogP contribution < -0.4 is 0 Å². The molecule has 0 bridgehead atoms. The molecule has 0 aromatic heterocycles. The van der Waals surface area contributed by atoms with Crippen molar-refractivity contribution < 1.29 is 9.84 Å². The second-order valence-corrected chi connectivity index (χ2v) is 5.45. The molecule has 1 saturated heterocycles. The van der Waals surface area contributed by atoms with Crippen LogP contribution in [0, 0.1) is 11.8 Å². The van der Waals surface area contributed by atoms with Crippen LogP contribution in [-0.2, 0) is 4.74 Å². The Morgan fingerprint density at radius 1 is 1.38 bits per heavy atom. The first-order valence-corrected chi connectivity index (χ1v) is 6.43. The Kier molecular flexibility index (Phi) is 2.45. The maximum atomic E-state index is 10.4. The van der Waals surface area contributed by atoms with E-state index in [1.165, 1.54) is 18.4 Å². The van der Waals surface area contributed by atoms with Crippen LogP contribution >= 0.6 is 0 Å². The van der Waals surface area contributed by atoms with E-state index in [0.717, 1.165) is 19.3 Å². The average Bonchev–Trinajstić information content (AvgIpc) is 2.29. The van der Waals surface area contributed by atoms with Gasteiger partial charge in [0.25, 0.3) is 0 Å². The van der Waals surface area contributed by atoms with Crippen LogP contribution in [-0.4, -0.2) is 17.0 Å². The molecule has 4 atom stereocenters. The highest BCUT2D eigenvalue weighted by atomic mass is 16.6. The van der Waals surface area contributed by atoms with E-state index in [0.29, 0.717) is 5.92 Å². The molecule has 0 spiro atoms. The number of hydrogen-bond acceptors (Lipinski definition) is 2. The van der Waals surface area contributed by atoms with E-state index in [-0.39, 0.29) is 12.0 Å². The first kappa shape index (κ1) is 10.5. The van der Waals surface area contributed by atoms with Crippen molar-refractivity contribution in [2.24, 2.45) is 11.8 Å². The topological polar surface area (TPSA) is 29.5 Å². The summed E-state index contributed by atoms with van der Waals surface area (Å²) in [5.41, 5.74) is 1.47. The van der Waals surface area contributed by atoms with Gasteiger partial charge in [0, 0.05) is 11.8 Å². The van der Waals surface area contributed by atoms with E-state index in [9.17, 15) is 5.11 Å². The summed E-state index contributed by atoms with van der Waals surface area (Å²) >= 11 is 0. The van der Waals surface area contributed by atoms with E-state index in [1.807, 2.05) is 6.92 Å². The van der Waals surface area contributed by atoms with Crippen molar-refractivity contribution in [1.29, 1.82) is 0 Å². The minimum absolute atomic E-state index is 0.195. The molecule has 0 saturated carbocycles. The minimum atomic E-state index is -0.946. The summed E-state index contributed by atoms with van der Waals surface area (Å²) < 4.78 is 5.91. The lowest BCUT2D eigenvalue weighted by Crippen LogP contribution is -2.51. The standard InChI is InChI=1S/C14H20O2/c1-14(15)12-8-4-2-6-10(12)11-7-3-5-9-13(11)16-14/h3,5-6,11-13,15H,2,4,7-9H2,1H3/t11?,12?,13?,14-/m0/s1. The number of allylic oxidation sites excluding steroid dienone is 2. The first-order chi connectivity index (χ1) is 7.68. The van der Waals surface area contributed by atoms with Crippen LogP contribution in [0.15, 0.2) is 23.8 Å². The molecular formula is C14H20O2. The molecule has 2 heteroatoms. The van der Waals surface area contributed by atoms with Crippen molar-refractivity contribution >= 4 is 0 Å². The van der Waals surface area contributed by atoms with Gasteiger partial charge in [0.05, 0.1) is 6.10 Å². The summed E-state index contributed by atoms with van der Waals surface area (Å²) in [5.74, 6) is -0.192. The first-order valence-electron chi connectivity index (χ1n) is 6.43. The van der Waals surface area contributed by atoms with Crippen LogP contribution in [0.4, 0.5) is 0 Å². The lowest BCUT2D eigenvalue weighted by molar-refractivity contribution is -0.270. The predicted octanol–water partition coefficient (Wildman–Crippen LogP) is 2.79. The third-order valence-corrected chi connectivity index (χ3v) is 4.32. The molecule has 1 fully saturated rings. The van der Waals surface area contributed by atoms with Crippen LogP contribution in [0.1, 0.15) is 39.0 Å². The fourth-order valence-corrected chi connectivity index (χ4v) is 3.55. The van der Waals surface area contributed by atoms with Crippen LogP contribution in [0.25, 0.3) is 0 Å². The van der Waals surface area contributed by atoms with Gasteiger partial charge in [0.15, 0.2) is 5.79 Å². The second kappa shape index (κ2) is 3.71. The lowest BCUT2D eigenvalue weighted by Gasteiger charge is -2.49. The number of fused-ring (bicyclic) bond motifs is 3. The summed E-state index contributed by atoms with van der Waals surface area (Å²) in [4.78, 5) is 0. The maximum Gasteiger partial charge on any atom is 0.169 e. The van der Waals surface area contributed by atoms with Gasteiger partial charge in [0.1, 0.15) is 0 Å². The number of hydrogen-bond donors (Lipinski definition) is 1. The van der Waals surface area contributed by atoms with Gasteiger partial charge in [-0.05, 0) is 39.0 Å². The van der Waals surface area contributed by atoms with E-state index in [2.05, 4.69) is 18.2 Å². The van der Waals surface area contributed by atoms with Gasteiger partial charge in [-0.3, -0.25) is 0 Å². The molecule has 1 N–H and O–H groups in total. The highest BCUT2D eigenvalue weighted by molar-refractivity contribution is 5.23. The van der Waals surface area contributed by atoms with Gasteiger partial charge in [0.2, 0.25) is 0 Å². The van der Waals surface area contributed by atoms with Crippen LogP contribution in [0.2, 0.25) is 0 Å². The van der Waals surface area contributed by atoms with Crippen molar-refractivity contribution in [1.82, 2.24) is 0 Å². The zero-order valence-corrected chi connectivity index (χ0v) is 9.86. The average molecular weight is 220 g/mol. The lowest BCUT2D eigenvalue weighted by atomic mass is 9.69. The summed E-state index contributed by atoms with van der Waals surface area (Å²) in [5, 5.41) is 10.4. The summed E-state index contributed by atoms with van der Waals surface area (Å²) in [6.45, 7) is 1.84. The zero-order valence-electron chi connectivity index (χ0n) is 9.86. The van der Waals surface area contributed by atoms with Crippen LogP contribution in [0.5, 0.6) is 0 Å². The molecule has 3 unspecified atom stereocenters. The van der Waals surface area contributed by atoms with Gasteiger partial charge in [-0.15, -0.1) is 0 Å². The Balaban J connectivity index is 1.97. The van der Waals surface area contributed by atoms with Crippen molar-refractivity contribution in [3.05, 3.63) is 23.8 Å². The molecule has 2 aliphatic carbocycles. The third-order valence-electron chi connectivity index (χ3n) is 4.32. The number of ether oxygens (including phenoxy) is 1. The summed E-state index contributed by atoms with van der Waals surface area (Å²) in [6.07, 6.45) is 12.5. The second-order valence-electron chi connectivity index (χ2n) is 5.45. The predicted molar refractivity (Wildman–Crippen MR) is 62.8 cm³/mol. The summed E-state index contributed by atoms with van der Waals surface area (Å²) in [7, 11) is 0. The Bertz CT molecular complexity index is 341. The molecule has 1 heterocycles. The van der Waals surface area contributed by atoms with E-state index >= 15 is 0 Å². The maximum absolute atomic E-state index is 10.4. The molecule has 16 heavy (non-hydrogen) atoms. The Hall–Kier alpha value is -0.600. The fraction of sp³-hybridized carbons (Fsp3) is 0.714. The smallest absolute Gasteiger partial charge is 0.169 e. The van der Waals surface area contributed by atoms with E-state index < -0.39 is 5.79 Å². The van der Waals surface area contributed by atoms with Crippen LogP contribution in [0.3, 0.4) is 0 Å². The highest BCUT2D eigenvalue weighted by Crippen LogP contribution is 2.48. The molecule has 0 radical (unpaired) electrons. The quantitative estimate of drug-likeness (QED) is 0.636. The van der Waals surface area contributed by atoms with Crippen molar-refractivity contribution in [3.63, 3.8) is 0 Å². The molecule has 88 valence electrons. The molecule has 3 rings (SSSR count). The van der Waals surface area contributed by atoms with Gasteiger partial charge in [-0.2, -0.15) is 0 Å². The fourth-order valence-electron chi connectivity index (χ4n) is 3.55. The zero-order chi connectivity index (χ0) is 11.2. The Morgan fingerprint density at radius 3 is 3.06 bits per heavy atom. The van der Waals surface area contributed by atoms with Gasteiger partial charge in [-0.25, -0.2) is 0 Å². The molecule has 3 aliphatic rings. The SMILES string of the molecule is C[C@]1(O)OC2CC=CCC2C2=CCCCC21. The van der Waals surface area contributed by atoms with E-state index in [1.54, 1.807) is 0 Å². The Morgan fingerprint density at radius 2 is 2.19 bits per heavy atom. The largest absolute Gasteiger partial charge is 0.365 e. The normalized spacial score (nSPS) is 46.9. The monoisotopic (exact) mass is 220 g/mol. The van der Waals surface area contributed by atoms with Gasteiger partial charge >= 0.3 is 0 Å². The number of rotatable bonds is 0. The molecule has 0 aromatic carbocycles. The molecule has 0 amide bonds. The third kappa shape index (κ3) is 1.56. The van der Waals surface area contributed by atoms with Crippen molar-refractivity contribution in [3.8, 4) is 0 Å². The molecule has 0 aromatic rings. The number of aliphatic hydroxyl groups is 1. The Labute approximate surface area is 97.0 Å². The van der Waals surface area contributed by atoms with Crippen molar-refractivity contribution in [2.75, 3.05) is 0 Å². The van der Waals surface area contributed by atoms with E-state index in [4.69, 9.17) is 4.74 Å². The molecule has 2 nitrogen and oxygen atoms in total. The summed E-state index contributed by atoms with van der Waals surface area (Å²) in [6, 6.07) is 0.